The van der Waals surface area contributed by atoms with Crippen LogP contribution in [0.1, 0.15) is 5.76 Å². The summed E-state index contributed by atoms with van der Waals surface area (Å²) >= 11 is 0. The number of urea groups is 1. The summed E-state index contributed by atoms with van der Waals surface area (Å²) < 4.78 is 44.4. The second-order valence-corrected chi connectivity index (χ2v) is 4.10. The molecule has 1 aromatic heterocycles. The molecule has 0 unspecified atom stereocenters. The van der Waals surface area contributed by atoms with Crippen LogP contribution in [0, 0.1) is 6.92 Å². The van der Waals surface area contributed by atoms with Gasteiger partial charge in [0.2, 0.25) is 0 Å². The Morgan fingerprint density at radius 2 is 1.95 bits per heavy atom. The molecule has 22 heavy (non-hydrogen) atoms. The summed E-state index contributed by atoms with van der Waals surface area (Å²) in [5.41, 5.74) is 5.15. The van der Waals surface area contributed by atoms with Crippen molar-refractivity contribution in [3.8, 4) is 5.75 Å². The highest BCUT2D eigenvalue weighted by atomic mass is 19.4. The van der Waals surface area contributed by atoms with Gasteiger partial charge in [-0.15, -0.1) is 13.2 Å². The standard InChI is InChI=1S/C12H11F3N4O3/c1-7-6-10(19-22-7)16-11(20)18-17-8-2-4-9(5-3-8)21-12(13,14)15/h2-6,17H,1H3,(H2,16,18,19,20). The Balaban J connectivity index is 1.82. The molecule has 0 fully saturated rings. The Morgan fingerprint density at radius 1 is 1.27 bits per heavy atom. The van der Waals surface area contributed by atoms with Crippen LogP contribution >= 0.6 is 0 Å². The second-order valence-electron chi connectivity index (χ2n) is 4.10. The van der Waals surface area contributed by atoms with Crippen LogP contribution in [-0.2, 0) is 0 Å². The molecule has 0 spiro atoms. The molecule has 0 aliphatic carbocycles. The van der Waals surface area contributed by atoms with Crippen LogP contribution < -0.4 is 20.9 Å². The zero-order valence-electron chi connectivity index (χ0n) is 11.2. The molecule has 2 amide bonds. The molecule has 0 aliphatic heterocycles. The Morgan fingerprint density at radius 3 is 2.50 bits per heavy atom. The van der Waals surface area contributed by atoms with Crippen molar-refractivity contribution in [3.05, 3.63) is 36.1 Å². The Kier molecular flexibility index (Phi) is 4.39. The minimum Gasteiger partial charge on any atom is -0.406 e. The number of nitrogens with zero attached hydrogens (tertiary/aromatic N) is 1. The molecular weight excluding hydrogens is 305 g/mol. The largest absolute Gasteiger partial charge is 0.573 e. The van der Waals surface area contributed by atoms with E-state index >= 15 is 0 Å². The zero-order chi connectivity index (χ0) is 16.2. The van der Waals surface area contributed by atoms with Crippen molar-refractivity contribution in [1.29, 1.82) is 0 Å². The monoisotopic (exact) mass is 316 g/mol. The molecule has 0 bridgehead atoms. The number of hydrogen-bond acceptors (Lipinski definition) is 5. The van der Waals surface area contributed by atoms with Gasteiger partial charge in [0.05, 0.1) is 5.69 Å². The number of benzene rings is 1. The van der Waals surface area contributed by atoms with Gasteiger partial charge in [-0.25, -0.2) is 4.79 Å². The number of ether oxygens (including phenoxy) is 1. The summed E-state index contributed by atoms with van der Waals surface area (Å²) in [6.07, 6.45) is -4.75. The minimum atomic E-state index is -4.75. The molecule has 2 rings (SSSR count). The van der Waals surface area contributed by atoms with Crippen LogP contribution in [0.2, 0.25) is 0 Å². The summed E-state index contributed by atoms with van der Waals surface area (Å²) in [4.78, 5) is 11.5. The summed E-state index contributed by atoms with van der Waals surface area (Å²) in [5.74, 6) is 0.398. The normalized spacial score (nSPS) is 10.9. The number of halogens is 3. The van der Waals surface area contributed by atoms with Gasteiger partial charge in [-0.1, -0.05) is 5.16 Å². The quantitative estimate of drug-likeness (QED) is 0.755. The van der Waals surface area contributed by atoms with Crippen LogP contribution in [0.4, 0.5) is 29.5 Å². The number of rotatable bonds is 4. The van der Waals surface area contributed by atoms with E-state index in [2.05, 4.69) is 26.1 Å². The van der Waals surface area contributed by atoms with E-state index in [-0.39, 0.29) is 11.6 Å². The number of carbonyl (C=O) groups is 1. The molecule has 0 aliphatic rings. The van der Waals surface area contributed by atoms with Crippen LogP contribution in [0.25, 0.3) is 0 Å². The number of nitrogens with one attached hydrogen (secondary N) is 3. The third-order valence-electron chi connectivity index (χ3n) is 2.28. The molecular formula is C12H11F3N4O3. The number of amides is 2. The summed E-state index contributed by atoms with van der Waals surface area (Å²) in [7, 11) is 0. The van der Waals surface area contributed by atoms with Crippen LogP contribution in [0.3, 0.4) is 0 Å². The fraction of sp³-hybridized carbons (Fsp3) is 0.167. The van der Waals surface area contributed by atoms with Crippen molar-refractivity contribution in [2.24, 2.45) is 0 Å². The van der Waals surface area contributed by atoms with Gasteiger partial charge in [-0.3, -0.25) is 16.2 Å². The first-order valence-electron chi connectivity index (χ1n) is 5.94. The third-order valence-corrected chi connectivity index (χ3v) is 2.28. The van der Waals surface area contributed by atoms with E-state index < -0.39 is 12.4 Å². The van der Waals surface area contributed by atoms with Gasteiger partial charge >= 0.3 is 12.4 Å². The number of hydrazine groups is 1. The van der Waals surface area contributed by atoms with Crippen molar-refractivity contribution < 1.29 is 27.2 Å². The SMILES string of the molecule is Cc1cc(NC(=O)NNc2ccc(OC(F)(F)F)cc2)no1. The van der Waals surface area contributed by atoms with Gasteiger partial charge in [0, 0.05) is 6.07 Å². The summed E-state index contributed by atoms with van der Waals surface area (Å²) in [6, 6.07) is 5.72. The maximum Gasteiger partial charge on any atom is 0.573 e. The molecule has 118 valence electrons. The predicted molar refractivity (Wildman–Crippen MR) is 70.1 cm³/mol. The van der Waals surface area contributed by atoms with Gasteiger partial charge in [-0.2, -0.15) is 0 Å². The van der Waals surface area contributed by atoms with Gasteiger partial charge in [0.1, 0.15) is 11.5 Å². The van der Waals surface area contributed by atoms with Crippen molar-refractivity contribution in [2.75, 3.05) is 10.7 Å². The first kappa shape index (κ1) is 15.5. The Labute approximate surface area is 122 Å². The predicted octanol–water partition coefficient (Wildman–Crippen LogP) is 3.03. The Bertz CT molecular complexity index is 640. The molecule has 2 aromatic rings. The van der Waals surface area contributed by atoms with Gasteiger partial charge in [-0.05, 0) is 31.2 Å². The lowest BCUT2D eigenvalue weighted by atomic mass is 10.3. The van der Waals surface area contributed by atoms with E-state index in [1.165, 1.54) is 18.2 Å². The number of alkyl halides is 3. The fourth-order valence-corrected chi connectivity index (χ4v) is 1.44. The first-order chi connectivity index (χ1) is 10.3. The molecule has 1 aromatic carbocycles. The van der Waals surface area contributed by atoms with E-state index in [1.54, 1.807) is 6.92 Å². The molecule has 7 nitrogen and oxygen atoms in total. The molecule has 3 N–H and O–H groups in total. The third kappa shape index (κ3) is 4.89. The maximum absolute atomic E-state index is 12.0. The molecule has 0 saturated heterocycles. The number of carbonyl (C=O) groups excluding carboxylic acids is 1. The van der Waals surface area contributed by atoms with Crippen molar-refractivity contribution in [1.82, 2.24) is 10.6 Å². The minimum absolute atomic E-state index is 0.228. The average molecular weight is 316 g/mol. The number of hydrogen-bond donors (Lipinski definition) is 3. The van der Waals surface area contributed by atoms with E-state index in [1.807, 2.05) is 0 Å². The first-order valence-corrected chi connectivity index (χ1v) is 5.94. The van der Waals surface area contributed by atoms with Gasteiger partial charge in [0.25, 0.3) is 0 Å². The van der Waals surface area contributed by atoms with E-state index in [0.29, 0.717) is 11.4 Å². The van der Waals surface area contributed by atoms with E-state index in [4.69, 9.17) is 4.52 Å². The van der Waals surface area contributed by atoms with Crippen LogP contribution in [-0.4, -0.2) is 17.6 Å². The van der Waals surface area contributed by atoms with E-state index in [9.17, 15) is 18.0 Å². The maximum atomic E-state index is 12.0. The Hall–Kier alpha value is -2.91. The molecule has 1 heterocycles. The highest BCUT2D eigenvalue weighted by Gasteiger charge is 2.30. The number of aryl methyl sites for hydroxylation is 1. The van der Waals surface area contributed by atoms with Gasteiger partial charge < -0.3 is 9.26 Å². The molecule has 0 radical (unpaired) electrons. The fourth-order valence-electron chi connectivity index (χ4n) is 1.44. The molecule has 0 atom stereocenters. The second kappa shape index (κ2) is 6.24. The van der Waals surface area contributed by atoms with Crippen molar-refractivity contribution in [3.63, 3.8) is 0 Å². The van der Waals surface area contributed by atoms with Crippen molar-refractivity contribution >= 4 is 17.5 Å². The molecule has 10 heteroatoms. The topological polar surface area (TPSA) is 88.4 Å². The van der Waals surface area contributed by atoms with Gasteiger partial charge in [0.15, 0.2) is 5.82 Å². The highest BCUT2D eigenvalue weighted by Crippen LogP contribution is 2.23. The molecule has 0 saturated carbocycles. The van der Waals surface area contributed by atoms with E-state index in [0.717, 1.165) is 12.1 Å². The summed E-state index contributed by atoms with van der Waals surface area (Å²) in [5, 5.41) is 5.94. The number of anilines is 2. The highest BCUT2D eigenvalue weighted by molar-refractivity contribution is 5.88. The average Bonchev–Trinajstić information content (AvgIpc) is 2.81. The zero-order valence-corrected chi connectivity index (χ0v) is 11.2. The smallest absolute Gasteiger partial charge is 0.406 e. The number of aromatic nitrogens is 1. The van der Waals surface area contributed by atoms with Crippen molar-refractivity contribution in [2.45, 2.75) is 13.3 Å². The lowest BCUT2D eigenvalue weighted by molar-refractivity contribution is -0.274. The van der Waals surface area contributed by atoms with Crippen LogP contribution in [0.5, 0.6) is 5.75 Å². The lowest BCUT2D eigenvalue weighted by Gasteiger charge is -2.11. The van der Waals surface area contributed by atoms with Crippen LogP contribution in [0.15, 0.2) is 34.9 Å². The summed E-state index contributed by atoms with van der Waals surface area (Å²) in [6.45, 7) is 1.67. The lowest BCUT2D eigenvalue weighted by Crippen LogP contribution is -2.33.